The number of aromatic nitrogens is 3. The molecular formula is C13H15N5OS. The first kappa shape index (κ1) is 13.1. The van der Waals surface area contributed by atoms with Gasteiger partial charge in [-0.2, -0.15) is 0 Å². The Morgan fingerprint density at radius 3 is 3.20 bits per heavy atom. The first-order valence-electron chi connectivity index (χ1n) is 6.44. The summed E-state index contributed by atoms with van der Waals surface area (Å²) in [6.07, 6.45) is 4.46. The van der Waals surface area contributed by atoms with Crippen LogP contribution in [0.1, 0.15) is 17.1 Å². The van der Waals surface area contributed by atoms with Crippen LogP contribution in [0, 0.1) is 6.92 Å². The lowest BCUT2D eigenvalue weighted by Crippen LogP contribution is -2.37. The summed E-state index contributed by atoms with van der Waals surface area (Å²) >= 11 is 1.42. The summed E-state index contributed by atoms with van der Waals surface area (Å²) in [4.78, 5) is 26.7. The van der Waals surface area contributed by atoms with E-state index in [1.807, 2.05) is 18.5 Å². The standard InChI is InChI=1S/C13H15N5OS/c1-9-15-6-10-2-4-18(7-11(10)16-9)8-12(19)17-13-14-3-5-20-13/h3,5-6H,2,4,7-8H2,1H3,(H,14,17,19). The van der Waals surface area contributed by atoms with Crippen molar-refractivity contribution in [2.75, 3.05) is 18.4 Å². The molecule has 7 heteroatoms. The summed E-state index contributed by atoms with van der Waals surface area (Å²) in [5, 5.41) is 5.28. The summed E-state index contributed by atoms with van der Waals surface area (Å²) in [5.74, 6) is 0.743. The van der Waals surface area contributed by atoms with Gasteiger partial charge in [-0.1, -0.05) is 0 Å². The third-order valence-corrected chi connectivity index (χ3v) is 3.88. The molecule has 20 heavy (non-hydrogen) atoms. The fourth-order valence-electron chi connectivity index (χ4n) is 2.24. The van der Waals surface area contributed by atoms with Crippen molar-refractivity contribution in [3.05, 3.63) is 34.9 Å². The molecule has 3 rings (SSSR count). The van der Waals surface area contributed by atoms with E-state index in [-0.39, 0.29) is 5.91 Å². The Hall–Kier alpha value is -1.86. The molecule has 0 aliphatic carbocycles. The van der Waals surface area contributed by atoms with E-state index in [2.05, 4.69) is 25.2 Å². The Morgan fingerprint density at radius 2 is 2.40 bits per heavy atom. The number of hydrogen-bond acceptors (Lipinski definition) is 6. The maximum Gasteiger partial charge on any atom is 0.240 e. The molecule has 1 amide bonds. The van der Waals surface area contributed by atoms with Crippen LogP contribution in [0.3, 0.4) is 0 Å². The number of carbonyl (C=O) groups excluding carboxylic acids is 1. The van der Waals surface area contributed by atoms with E-state index in [4.69, 9.17) is 0 Å². The van der Waals surface area contributed by atoms with Crippen LogP contribution in [0.5, 0.6) is 0 Å². The van der Waals surface area contributed by atoms with Crippen molar-refractivity contribution in [3.8, 4) is 0 Å². The highest BCUT2D eigenvalue weighted by Gasteiger charge is 2.20. The van der Waals surface area contributed by atoms with Crippen LogP contribution in [0.15, 0.2) is 17.8 Å². The molecular weight excluding hydrogens is 274 g/mol. The van der Waals surface area contributed by atoms with E-state index in [9.17, 15) is 4.79 Å². The van der Waals surface area contributed by atoms with Crippen LogP contribution < -0.4 is 5.32 Å². The van der Waals surface area contributed by atoms with Gasteiger partial charge in [0.15, 0.2) is 5.13 Å². The minimum atomic E-state index is -0.0332. The molecule has 6 nitrogen and oxygen atoms in total. The van der Waals surface area contributed by atoms with E-state index in [0.29, 0.717) is 18.2 Å². The minimum Gasteiger partial charge on any atom is -0.301 e. The van der Waals surface area contributed by atoms with Gasteiger partial charge in [0.05, 0.1) is 12.2 Å². The zero-order valence-electron chi connectivity index (χ0n) is 11.2. The van der Waals surface area contributed by atoms with Crippen LogP contribution in [-0.2, 0) is 17.8 Å². The Labute approximate surface area is 120 Å². The van der Waals surface area contributed by atoms with Crippen molar-refractivity contribution in [2.24, 2.45) is 0 Å². The van der Waals surface area contributed by atoms with E-state index in [1.54, 1.807) is 6.20 Å². The lowest BCUT2D eigenvalue weighted by atomic mass is 10.1. The van der Waals surface area contributed by atoms with Crippen LogP contribution >= 0.6 is 11.3 Å². The number of rotatable bonds is 3. The molecule has 0 atom stereocenters. The van der Waals surface area contributed by atoms with E-state index in [1.165, 1.54) is 16.9 Å². The number of nitrogens with one attached hydrogen (secondary N) is 1. The molecule has 0 spiro atoms. The fourth-order valence-corrected chi connectivity index (χ4v) is 2.78. The zero-order valence-corrected chi connectivity index (χ0v) is 12.0. The molecule has 0 radical (unpaired) electrons. The second kappa shape index (κ2) is 5.64. The average molecular weight is 289 g/mol. The number of amides is 1. The van der Waals surface area contributed by atoms with Gasteiger partial charge >= 0.3 is 0 Å². The van der Waals surface area contributed by atoms with Gasteiger partial charge in [0.2, 0.25) is 5.91 Å². The molecule has 1 aliphatic heterocycles. The van der Waals surface area contributed by atoms with Crippen molar-refractivity contribution in [3.63, 3.8) is 0 Å². The molecule has 0 fully saturated rings. The second-order valence-corrected chi connectivity index (χ2v) is 5.63. The molecule has 104 valence electrons. The number of thiazole rings is 1. The van der Waals surface area contributed by atoms with Crippen molar-refractivity contribution in [1.82, 2.24) is 19.9 Å². The van der Waals surface area contributed by atoms with Crippen LogP contribution in [-0.4, -0.2) is 38.8 Å². The highest BCUT2D eigenvalue weighted by molar-refractivity contribution is 7.13. The molecule has 0 aromatic carbocycles. The summed E-state index contributed by atoms with van der Waals surface area (Å²) in [6.45, 7) is 3.80. The molecule has 0 saturated carbocycles. The predicted octanol–water partition coefficient (Wildman–Crippen LogP) is 1.24. The van der Waals surface area contributed by atoms with Gasteiger partial charge in [-0.15, -0.1) is 11.3 Å². The maximum atomic E-state index is 11.9. The molecule has 0 bridgehead atoms. The Balaban J connectivity index is 1.61. The molecule has 1 N–H and O–H groups in total. The first-order valence-corrected chi connectivity index (χ1v) is 7.32. The van der Waals surface area contributed by atoms with Gasteiger partial charge in [-0.05, 0) is 18.9 Å². The quantitative estimate of drug-likeness (QED) is 0.920. The molecule has 0 saturated heterocycles. The number of aryl methyl sites for hydroxylation is 1. The van der Waals surface area contributed by atoms with E-state index >= 15 is 0 Å². The van der Waals surface area contributed by atoms with E-state index in [0.717, 1.165) is 24.5 Å². The monoisotopic (exact) mass is 289 g/mol. The largest absolute Gasteiger partial charge is 0.301 e. The number of anilines is 1. The number of carbonyl (C=O) groups is 1. The zero-order chi connectivity index (χ0) is 13.9. The van der Waals surface area contributed by atoms with Gasteiger partial charge in [0.25, 0.3) is 0 Å². The summed E-state index contributed by atoms with van der Waals surface area (Å²) < 4.78 is 0. The van der Waals surface area contributed by atoms with Gasteiger partial charge < -0.3 is 5.32 Å². The third-order valence-electron chi connectivity index (χ3n) is 3.19. The van der Waals surface area contributed by atoms with Gasteiger partial charge in [0.1, 0.15) is 5.82 Å². The normalized spacial score (nSPS) is 14.8. The summed E-state index contributed by atoms with van der Waals surface area (Å²) in [5.41, 5.74) is 2.22. The molecule has 2 aromatic heterocycles. The highest BCUT2D eigenvalue weighted by Crippen LogP contribution is 2.16. The third kappa shape index (κ3) is 3.00. The van der Waals surface area contributed by atoms with Crippen LogP contribution in [0.2, 0.25) is 0 Å². The number of hydrogen-bond donors (Lipinski definition) is 1. The Kier molecular flexibility index (Phi) is 3.70. The van der Waals surface area contributed by atoms with Crippen LogP contribution in [0.25, 0.3) is 0 Å². The first-order chi connectivity index (χ1) is 9.70. The predicted molar refractivity (Wildman–Crippen MR) is 76.5 cm³/mol. The molecule has 3 heterocycles. The van der Waals surface area contributed by atoms with Gasteiger partial charge in [-0.25, -0.2) is 15.0 Å². The lowest BCUT2D eigenvalue weighted by molar-refractivity contribution is -0.117. The van der Waals surface area contributed by atoms with Crippen LogP contribution in [0.4, 0.5) is 5.13 Å². The minimum absolute atomic E-state index is 0.0332. The molecule has 0 unspecified atom stereocenters. The SMILES string of the molecule is Cc1ncc2c(n1)CN(CC(=O)Nc1nccs1)CC2. The van der Waals surface area contributed by atoms with Gasteiger partial charge in [0, 0.05) is 30.9 Å². The Bertz CT molecular complexity index is 613. The summed E-state index contributed by atoms with van der Waals surface area (Å²) in [6, 6.07) is 0. The topological polar surface area (TPSA) is 71.0 Å². The van der Waals surface area contributed by atoms with Crippen molar-refractivity contribution in [2.45, 2.75) is 19.9 Å². The van der Waals surface area contributed by atoms with Gasteiger partial charge in [-0.3, -0.25) is 9.69 Å². The number of nitrogens with zero attached hydrogens (tertiary/aromatic N) is 4. The maximum absolute atomic E-state index is 11.9. The van der Waals surface area contributed by atoms with E-state index < -0.39 is 0 Å². The average Bonchev–Trinajstić information content (AvgIpc) is 2.91. The van der Waals surface area contributed by atoms with Crippen molar-refractivity contribution < 1.29 is 4.79 Å². The summed E-state index contributed by atoms with van der Waals surface area (Å²) in [7, 11) is 0. The Morgan fingerprint density at radius 1 is 1.50 bits per heavy atom. The molecule has 1 aliphatic rings. The lowest BCUT2D eigenvalue weighted by Gasteiger charge is -2.27. The van der Waals surface area contributed by atoms with Crippen molar-refractivity contribution >= 4 is 22.4 Å². The molecule has 2 aromatic rings. The highest BCUT2D eigenvalue weighted by atomic mass is 32.1. The fraction of sp³-hybridized carbons (Fsp3) is 0.385. The van der Waals surface area contributed by atoms with Crippen molar-refractivity contribution in [1.29, 1.82) is 0 Å². The number of fused-ring (bicyclic) bond motifs is 1. The second-order valence-electron chi connectivity index (χ2n) is 4.74. The smallest absolute Gasteiger partial charge is 0.240 e.